The van der Waals surface area contributed by atoms with Gasteiger partial charge in [-0.15, -0.1) is 0 Å². The monoisotopic (exact) mass is 149 g/mol. The Kier molecular flexibility index (Phi) is 1.12. The van der Waals surface area contributed by atoms with Gasteiger partial charge in [0.05, 0.1) is 0 Å². The smallest absolute Gasteiger partial charge is 0.330 e. The van der Waals surface area contributed by atoms with Crippen LogP contribution in [0, 0.1) is 0 Å². The van der Waals surface area contributed by atoms with E-state index in [9.17, 15) is 4.79 Å². The maximum atomic E-state index is 10.6. The van der Waals surface area contributed by atoms with E-state index in [1.807, 2.05) is 18.2 Å². The number of carboxylic acid groups (broad SMARTS) is 1. The van der Waals surface area contributed by atoms with E-state index in [2.05, 4.69) is 0 Å². The van der Waals surface area contributed by atoms with E-state index in [1.165, 1.54) is 0 Å². The van der Waals surface area contributed by atoms with Crippen LogP contribution < -0.4 is 0 Å². The van der Waals surface area contributed by atoms with Crippen LogP contribution in [0.5, 0.6) is 0 Å². The van der Waals surface area contributed by atoms with E-state index in [0.29, 0.717) is 0 Å². The van der Waals surface area contributed by atoms with Crippen LogP contribution in [0.2, 0.25) is 0 Å². The first kappa shape index (κ1) is 6.22. The van der Waals surface area contributed by atoms with E-state index < -0.39 is 12.0 Å². The Morgan fingerprint density at radius 2 is 2.45 bits per heavy atom. The molecule has 0 radical (unpaired) electrons. The summed E-state index contributed by atoms with van der Waals surface area (Å²) in [5.41, 5.74) is 0.956. The molecule has 1 aromatic rings. The van der Waals surface area contributed by atoms with E-state index in [4.69, 9.17) is 5.11 Å². The predicted octanol–water partition coefficient (Wildman–Crippen LogP) is 1.14. The number of carbonyl (C=O) groups is 1. The number of nitrogens with zero attached hydrogens (tertiary/aromatic N) is 1. The topological polar surface area (TPSA) is 42.2 Å². The van der Waals surface area contributed by atoms with Gasteiger partial charge < -0.3 is 9.67 Å². The van der Waals surface area contributed by atoms with Crippen LogP contribution in [0.15, 0.2) is 24.4 Å². The van der Waals surface area contributed by atoms with Crippen LogP contribution in [0.3, 0.4) is 0 Å². The predicted molar refractivity (Wildman–Crippen MR) is 40.1 cm³/mol. The number of hydrogen-bond donors (Lipinski definition) is 1. The SMILES string of the molecule is O=C(O)[C@H]1C=Cc2cccn21. The lowest BCUT2D eigenvalue weighted by molar-refractivity contribution is -0.139. The molecule has 0 fully saturated rings. The first-order valence-corrected chi connectivity index (χ1v) is 3.37. The molecule has 3 nitrogen and oxygen atoms in total. The summed E-state index contributed by atoms with van der Waals surface area (Å²) in [6.45, 7) is 0. The fourth-order valence-corrected chi connectivity index (χ4v) is 1.29. The molecular formula is C8H7NO2. The minimum atomic E-state index is -0.809. The lowest BCUT2D eigenvalue weighted by atomic mass is 10.3. The Balaban J connectivity index is 2.46. The minimum absolute atomic E-state index is 0.500. The Morgan fingerprint density at radius 1 is 1.64 bits per heavy atom. The molecule has 2 heterocycles. The Bertz CT molecular complexity index is 325. The molecule has 1 aromatic heterocycles. The third-order valence-electron chi connectivity index (χ3n) is 1.81. The second kappa shape index (κ2) is 1.99. The number of hydrogen-bond acceptors (Lipinski definition) is 1. The van der Waals surface area contributed by atoms with Gasteiger partial charge in [-0.05, 0) is 24.3 Å². The van der Waals surface area contributed by atoms with Gasteiger partial charge in [0, 0.05) is 11.9 Å². The van der Waals surface area contributed by atoms with Crippen LogP contribution in [-0.2, 0) is 4.79 Å². The molecule has 1 N–H and O–H groups in total. The molecule has 3 heteroatoms. The summed E-state index contributed by atoms with van der Waals surface area (Å²) in [6.07, 6.45) is 5.27. The van der Waals surface area contributed by atoms with Crippen LogP contribution in [0.1, 0.15) is 11.7 Å². The van der Waals surface area contributed by atoms with Crippen LogP contribution in [-0.4, -0.2) is 15.6 Å². The van der Waals surface area contributed by atoms with Crippen molar-refractivity contribution in [3.63, 3.8) is 0 Å². The second-order valence-corrected chi connectivity index (χ2v) is 2.48. The fourth-order valence-electron chi connectivity index (χ4n) is 1.29. The summed E-state index contributed by atoms with van der Waals surface area (Å²) in [5, 5.41) is 8.71. The highest BCUT2D eigenvalue weighted by Gasteiger charge is 2.21. The van der Waals surface area contributed by atoms with Gasteiger partial charge in [0.25, 0.3) is 0 Å². The molecule has 0 unspecified atom stereocenters. The normalized spacial score (nSPS) is 20.2. The molecule has 1 atom stereocenters. The summed E-state index contributed by atoms with van der Waals surface area (Å²) < 4.78 is 1.72. The van der Waals surface area contributed by atoms with Gasteiger partial charge in [-0.2, -0.15) is 0 Å². The third kappa shape index (κ3) is 0.774. The molecule has 1 aliphatic heterocycles. The average Bonchev–Trinajstić information content (AvgIpc) is 2.41. The molecule has 0 bridgehead atoms. The minimum Gasteiger partial charge on any atom is -0.479 e. The first-order valence-electron chi connectivity index (χ1n) is 3.37. The van der Waals surface area contributed by atoms with Crippen LogP contribution >= 0.6 is 0 Å². The van der Waals surface area contributed by atoms with E-state index >= 15 is 0 Å². The van der Waals surface area contributed by atoms with Crippen LogP contribution in [0.25, 0.3) is 6.08 Å². The van der Waals surface area contributed by atoms with Gasteiger partial charge in [-0.1, -0.05) is 0 Å². The summed E-state index contributed by atoms with van der Waals surface area (Å²) in [4.78, 5) is 10.6. The Hall–Kier alpha value is -1.51. The summed E-state index contributed by atoms with van der Waals surface area (Å²) >= 11 is 0. The third-order valence-corrected chi connectivity index (χ3v) is 1.81. The molecule has 1 aliphatic rings. The molecule has 0 aromatic carbocycles. The maximum absolute atomic E-state index is 10.6. The quantitative estimate of drug-likeness (QED) is 0.650. The van der Waals surface area contributed by atoms with E-state index in [-0.39, 0.29) is 0 Å². The van der Waals surface area contributed by atoms with Gasteiger partial charge in [0.15, 0.2) is 0 Å². The lowest BCUT2D eigenvalue weighted by Crippen LogP contribution is -2.13. The van der Waals surface area contributed by atoms with Crippen molar-refractivity contribution in [1.29, 1.82) is 0 Å². The second-order valence-electron chi connectivity index (χ2n) is 2.48. The van der Waals surface area contributed by atoms with Crippen molar-refractivity contribution >= 4 is 12.0 Å². The van der Waals surface area contributed by atoms with Crippen molar-refractivity contribution in [2.45, 2.75) is 6.04 Å². The molecule has 0 amide bonds. The van der Waals surface area contributed by atoms with Gasteiger partial charge in [-0.25, -0.2) is 4.79 Å². The standard InChI is InChI=1S/C8H7NO2/c10-8(11)7-4-3-6-2-1-5-9(6)7/h1-5,7H,(H,10,11)/t7-/m1/s1. The number of fused-ring (bicyclic) bond motifs is 1. The maximum Gasteiger partial charge on any atom is 0.330 e. The molecule has 56 valence electrons. The highest BCUT2D eigenvalue weighted by molar-refractivity contribution is 5.78. The largest absolute Gasteiger partial charge is 0.479 e. The summed E-state index contributed by atoms with van der Waals surface area (Å²) in [6, 6.07) is 3.23. The molecule has 0 saturated carbocycles. The molecule has 11 heavy (non-hydrogen) atoms. The van der Waals surface area contributed by atoms with Crippen molar-refractivity contribution in [2.24, 2.45) is 0 Å². The summed E-state index contributed by atoms with van der Waals surface area (Å²) in [7, 11) is 0. The van der Waals surface area contributed by atoms with Gasteiger partial charge >= 0.3 is 5.97 Å². The number of aromatic nitrogens is 1. The van der Waals surface area contributed by atoms with Gasteiger partial charge in [-0.3, -0.25) is 0 Å². The van der Waals surface area contributed by atoms with Gasteiger partial charge in [0.1, 0.15) is 6.04 Å². The average molecular weight is 149 g/mol. The van der Waals surface area contributed by atoms with Crippen molar-refractivity contribution in [2.75, 3.05) is 0 Å². The number of rotatable bonds is 1. The first-order chi connectivity index (χ1) is 5.29. The molecule has 2 rings (SSSR count). The zero-order chi connectivity index (χ0) is 7.84. The zero-order valence-corrected chi connectivity index (χ0v) is 5.77. The Morgan fingerprint density at radius 3 is 3.18 bits per heavy atom. The molecular weight excluding hydrogens is 142 g/mol. The lowest BCUT2D eigenvalue weighted by Gasteiger charge is -2.05. The number of aliphatic carboxylic acids is 1. The Labute approximate surface area is 63.6 Å². The molecule has 0 spiro atoms. The van der Waals surface area contributed by atoms with E-state index in [0.717, 1.165) is 5.69 Å². The van der Waals surface area contributed by atoms with Crippen molar-refractivity contribution < 1.29 is 9.90 Å². The van der Waals surface area contributed by atoms with Crippen LogP contribution in [0.4, 0.5) is 0 Å². The highest BCUT2D eigenvalue weighted by atomic mass is 16.4. The van der Waals surface area contributed by atoms with Crippen molar-refractivity contribution in [3.05, 3.63) is 30.1 Å². The van der Waals surface area contributed by atoms with E-state index in [1.54, 1.807) is 16.8 Å². The molecule has 0 saturated heterocycles. The fraction of sp³-hybridized carbons (Fsp3) is 0.125. The zero-order valence-electron chi connectivity index (χ0n) is 5.77. The molecule has 0 aliphatic carbocycles. The summed E-state index contributed by atoms with van der Waals surface area (Å²) in [5.74, 6) is -0.809. The van der Waals surface area contributed by atoms with Crippen molar-refractivity contribution in [1.82, 2.24) is 4.57 Å². The highest BCUT2D eigenvalue weighted by Crippen LogP contribution is 2.22. The number of carboxylic acids is 1. The van der Waals surface area contributed by atoms with Crippen molar-refractivity contribution in [3.8, 4) is 0 Å². The van der Waals surface area contributed by atoms with Gasteiger partial charge in [0.2, 0.25) is 0 Å².